The molecule has 6 nitrogen and oxygen atoms in total. The predicted octanol–water partition coefficient (Wildman–Crippen LogP) is 1.50. The van der Waals surface area contributed by atoms with Gasteiger partial charge >= 0.3 is 0 Å². The molecule has 1 aromatic carbocycles. The number of amides is 1. The normalized spacial score (nSPS) is 18.7. The van der Waals surface area contributed by atoms with E-state index in [-0.39, 0.29) is 17.4 Å². The van der Waals surface area contributed by atoms with E-state index in [0.29, 0.717) is 13.2 Å². The first-order chi connectivity index (χ1) is 10.3. The van der Waals surface area contributed by atoms with Crippen LogP contribution in [0, 0.1) is 5.82 Å². The van der Waals surface area contributed by atoms with E-state index in [1.165, 1.54) is 12.1 Å². The number of rotatable bonds is 5. The van der Waals surface area contributed by atoms with Gasteiger partial charge in [-0.3, -0.25) is 9.52 Å². The number of hydrogen-bond donors (Lipinski definition) is 2. The first-order valence-electron chi connectivity index (χ1n) is 7.02. The fourth-order valence-corrected chi connectivity index (χ4v) is 2.78. The van der Waals surface area contributed by atoms with Crippen molar-refractivity contribution in [3.8, 4) is 0 Å². The summed E-state index contributed by atoms with van der Waals surface area (Å²) in [5.74, 6) is -1.14. The topological polar surface area (TPSA) is 84.5 Å². The Hall–Kier alpha value is -1.67. The summed E-state index contributed by atoms with van der Waals surface area (Å²) in [7, 11) is -3.61. The molecule has 0 bridgehead atoms. The van der Waals surface area contributed by atoms with Crippen molar-refractivity contribution in [1.29, 1.82) is 0 Å². The number of sulfonamides is 1. The minimum Gasteiger partial charge on any atom is -0.376 e. The maximum absolute atomic E-state index is 13.6. The molecule has 1 saturated heterocycles. The van der Waals surface area contributed by atoms with Gasteiger partial charge in [-0.05, 0) is 37.5 Å². The maximum Gasteiger partial charge on any atom is 0.251 e. The zero-order valence-corrected chi connectivity index (χ0v) is 13.1. The van der Waals surface area contributed by atoms with Gasteiger partial charge in [0.05, 0.1) is 18.0 Å². The van der Waals surface area contributed by atoms with Crippen LogP contribution in [0.1, 0.15) is 29.6 Å². The van der Waals surface area contributed by atoms with Crippen molar-refractivity contribution < 1.29 is 22.3 Å². The molecule has 1 aliphatic heterocycles. The summed E-state index contributed by atoms with van der Waals surface area (Å²) >= 11 is 0. The fraction of sp³-hybridized carbons (Fsp3) is 0.500. The van der Waals surface area contributed by atoms with Gasteiger partial charge in [0.2, 0.25) is 10.0 Å². The van der Waals surface area contributed by atoms with Gasteiger partial charge in [-0.2, -0.15) is 0 Å². The van der Waals surface area contributed by atoms with Gasteiger partial charge in [0, 0.05) is 18.7 Å². The Kier molecular flexibility index (Phi) is 5.36. The second-order valence-electron chi connectivity index (χ2n) is 5.27. The minimum absolute atomic E-state index is 0.00763. The molecule has 22 heavy (non-hydrogen) atoms. The predicted molar refractivity (Wildman–Crippen MR) is 80.8 cm³/mol. The molecule has 2 N–H and O–H groups in total. The molecule has 0 saturated carbocycles. The zero-order valence-electron chi connectivity index (χ0n) is 12.3. The summed E-state index contributed by atoms with van der Waals surface area (Å²) in [6, 6.07) is 3.53. The lowest BCUT2D eigenvalue weighted by atomic mass is 10.1. The van der Waals surface area contributed by atoms with Crippen LogP contribution >= 0.6 is 0 Å². The van der Waals surface area contributed by atoms with E-state index in [4.69, 9.17) is 4.74 Å². The third kappa shape index (κ3) is 4.96. The van der Waals surface area contributed by atoms with Crippen LogP contribution in [0.25, 0.3) is 0 Å². The maximum atomic E-state index is 13.6. The van der Waals surface area contributed by atoms with E-state index in [9.17, 15) is 17.6 Å². The molecule has 0 spiro atoms. The summed E-state index contributed by atoms with van der Waals surface area (Å²) < 4.78 is 43.5. The molecular weight excluding hydrogens is 311 g/mol. The van der Waals surface area contributed by atoms with Gasteiger partial charge < -0.3 is 10.1 Å². The molecule has 2 rings (SSSR count). The molecule has 1 amide bonds. The van der Waals surface area contributed by atoms with Crippen LogP contribution in [0.3, 0.4) is 0 Å². The molecular formula is C14H19FN2O4S. The van der Waals surface area contributed by atoms with Crippen molar-refractivity contribution >= 4 is 21.6 Å². The number of nitrogens with one attached hydrogen (secondary N) is 2. The van der Waals surface area contributed by atoms with Crippen LogP contribution in [0.2, 0.25) is 0 Å². The zero-order chi connectivity index (χ0) is 16.2. The Labute approximate surface area is 129 Å². The highest BCUT2D eigenvalue weighted by Gasteiger charge is 2.16. The van der Waals surface area contributed by atoms with Gasteiger partial charge in [-0.15, -0.1) is 0 Å². The molecule has 0 radical (unpaired) electrons. The van der Waals surface area contributed by atoms with Gasteiger partial charge in [-0.25, -0.2) is 12.8 Å². The number of halogens is 1. The van der Waals surface area contributed by atoms with E-state index < -0.39 is 21.7 Å². The minimum atomic E-state index is -3.61. The number of anilines is 1. The van der Waals surface area contributed by atoms with Crippen LogP contribution in [0.4, 0.5) is 10.1 Å². The van der Waals surface area contributed by atoms with E-state index >= 15 is 0 Å². The summed E-state index contributed by atoms with van der Waals surface area (Å²) in [4.78, 5) is 12.1. The van der Waals surface area contributed by atoms with Crippen LogP contribution in [-0.4, -0.2) is 39.8 Å². The average molecular weight is 330 g/mol. The summed E-state index contributed by atoms with van der Waals surface area (Å²) in [5.41, 5.74) is -0.0626. The first kappa shape index (κ1) is 16.7. The van der Waals surface area contributed by atoms with Crippen LogP contribution in [0.15, 0.2) is 18.2 Å². The van der Waals surface area contributed by atoms with Crippen molar-refractivity contribution in [2.75, 3.05) is 24.1 Å². The van der Waals surface area contributed by atoms with Crippen molar-refractivity contribution in [3.05, 3.63) is 29.6 Å². The second-order valence-corrected chi connectivity index (χ2v) is 7.02. The van der Waals surface area contributed by atoms with E-state index in [1.54, 1.807) is 0 Å². The number of hydrogen-bond acceptors (Lipinski definition) is 4. The lowest BCUT2D eigenvalue weighted by Crippen LogP contribution is -2.35. The van der Waals surface area contributed by atoms with Gasteiger partial charge in [0.1, 0.15) is 5.82 Å². The highest BCUT2D eigenvalue weighted by Crippen LogP contribution is 2.17. The van der Waals surface area contributed by atoms with Gasteiger partial charge in [0.15, 0.2) is 0 Å². The second kappa shape index (κ2) is 7.06. The molecule has 1 fully saturated rings. The largest absolute Gasteiger partial charge is 0.376 e. The summed E-state index contributed by atoms with van der Waals surface area (Å²) in [5, 5.41) is 2.71. The van der Waals surface area contributed by atoms with Gasteiger partial charge in [0.25, 0.3) is 5.91 Å². The fourth-order valence-electron chi connectivity index (χ4n) is 2.22. The standard InChI is InChI=1S/C14H19FN2O4S/c1-22(19,20)17-13-8-10(5-6-12(13)15)14(18)16-9-11-4-2-3-7-21-11/h5-6,8,11,17H,2-4,7,9H2,1H3,(H,16,18)/t11-/m0/s1. The van der Waals surface area contributed by atoms with E-state index in [2.05, 4.69) is 5.32 Å². The van der Waals surface area contributed by atoms with E-state index in [0.717, 1.165) is 31.6 Å². The molecule has 1 aromatic rings. The van der Waals surface area contributed by atoms with Crippen molar-refractivity contribution in [2.45, 2.75) is 25.4 Å². The number of benzene rings is 1. The highest BCUT2D eigenvalue weighted by atomic mass is 32.2. The van der Waals surface area contributed by atoms with Crippen LogP contribution in [0.5, 0.6) is 0 Å². The third-order valence-electron chi connectivity index (χ3n) is 3.29. The van der Waals surface area contributed by atoms with Crippen molar-refractivity contribution in [3.63, 3.8) is 0 Å². The Morgan fingerprint density at radius 2 is 2.18 bits per heavy atom. The van der Waals surface area contributed by atoms with Crippen molar-refractivity contribution in [1.82, 2.24) is 5.32 Å². The number of ether oxygens (including phenoxy) is 1. The quantitative estimate of drug-likeness (QED) is 0.857. The Morgan fingerprint density at radius 3 is 2.82 bits per heavy atom. The lowest BCUT2D eigenvalue weighted by Gasteiger charge is -2.22. The monoisotopic (exact) mass is 330 g/mol. The SMILES string of the molecule is CS(=O)(=O)Nc1cc(C(=O)NC[C@@H]2CCCCO2)ccc1F. The first-order valence-corrected chi connectivity index (χ1v) is 8.91. The van der Waals surface area contributed by atoms with Gasteiger partial charge in [-0.1, -0.05) is 0 Å². The summed E-state index contributed by atoms with van der Waals surface area (Å²) in [6.45, 7) is 1.07. The Morgan fingerprint density at radius 1 is 1.41 bits per heavy atom. The highest BCUT2D eigenvalue weighted by molar-refractivity contribution is 7.92. The van der Waals surface area contributed by atoms with Crippen LogP contribution < -0.4 is 10.0 Å². The van der Waals surface area contributed by atoms with E-state index in [1.807, 2.05) is 4.72 Å². The molecule has 8 heteroatoms. The lowest BCUT2D eigenvalue weighted by molar-refractivity contribution is 0.0169. The molecule has 0 unspecified atom stereocenters. The Bertz CT molecular complexity index is 642. The van der Waals surface area contributed by atoms with Crippen LogP contribution in [-0.2, 0) is 14.8 Å². The molecule has 0 aliphatic carbocycles. The molecule has 1 heterocycles. The Balaban J connectivity index is 2.01. The molecule has 1 aliphatic rings. The molecule has 122 valence electrons. The molecule has 0 aromatic heterocycles. The average Bonchev–Trinajstić information content (AvgIpc) is 2.47. The molecule has 1 atom stereocenters. The van der Waals surface area contributed by atoms with Crippen molar-refractivity contribution in [2.24, 2.45) is 0 Å². The number of carbonyl (C=O) groups is 1. The smallest absolute Gasteiger partial charge is 0.251 e. The number of carbonyl (C=O) groups excluding carboxylic acids is 1. The summed E-state index contributed by atoms with van der Waals surface area (Å²) in [6.07, 6.45) is 3.90. The third-order valence-corrected chi connectivity index (χ3v) is 3.88.